The molecule has 0 saturated carbocycles. The van der Waals surface area contributed by atoms with Gasteiger partial charge in [-0.1, -0.05) is 42.3 Å². The van der Waals surface area contributed by atoms with Crippen molar-refractivity contribution >= 4 is 45.0 Å². The normalized spacial score (nSPS) is 10.9. The Bertz CT molecular complexity index is 1100. The van der Waals surface area contributed by atoms with Crippen LogP contribution in [0.1, 0.15) is 11.1 Å². The summed E-state index contributed by atoms with van der Waals surface area (Å²) < 4.78 is 11.9. The zero-order chi connectivity index (χ0) is 19.2. The molecule has 0 N–H and O–H groups in total. The van der Waals surface area contributed by atoms with E-state index in [4.69, 9.17) is 15.9 Å². The van der Waals surface area contributed by atoms with Gasteiger partial charge in [0.15, 0.2) is 11.5 Å². The van der Waals surface area contributed by atoms with Crippen LogP contribution in [0.5, 0.6) is 11.5 Å². The molecule has 0 aromatic heterocycles. The highest BCUT2D eigenvalue weighted by Gasteiger charge is 2.12. The second-order valence-electron chi connectivity index (χ2n) is 5.76. The van der Waals surface area contributed by atoms with Crippen molar-refractivity contribution in [2.45, 2.75) is 0 Å². The number of ether oxygens (including phenoxy) is 2. The fraction of sp³-hybridized carbons (Fsp3) is 0.0870. The van der Waals surface area contributed by atoms with Crippen LogP contribution in [-0.4, -0.2) is 13.7 Å². The number of nitrogens with zero attached hydrogens (tertiary/aromatic N) is 1. The molecule has 3 rings (SSSR count). The van der Waals surface area contributed by atoms with Crippen molar-refractivity contribution in [3.8, 4) is 29.9 Å². The number of rotatable bonds is 5. The molecule has 0 spiro atoms. The molecule has 3 nitrogen and oxygen atoms in total. The van der Waals surface area contributed by atoms with E-state index < -0.39 is 0 Å². The first kappa shape index (κ1) is 18.8. The molecule has 0 heterocycles. The molecule has 0 aliphatic heterocycles. The van der Waals surface area contributed by atoms with Crippen molar-refractivity contribution < 1.29 is 9.47 Å². The molecule has 132 valence electrons. The molecule has 0 radical (unpaired) electrons. The first-order valence-electron chi connectivity index (χ1n) is 8.21. The van der Waals surface area contributed by atoms with E-state index in [9.17, 15) is 5.26 Å². The first-order valence-corrected chi connectivity index (χ1v) is 9.29. The van der Waals surface area contributed by atoms with Gasteiger partial charge in [0.05, 0.1) is 22.3 Å². The van der Waals surface area contributed by atoms with E-state index in [2.05, 4.69) is 40.6 Å². The Morgan fingerprint density at radius 2 is 1.93 bits per heavy atom. The van der Waals surface area contributed by atoms with Gasteiger partial charge in [0, 0.05) is 0 Å². The van der Waals surface area contributed by atoms with Gasteiger partial charge < -0.3 is 9.47 Å². The lowest BCUT2D eigenvalue weighted by molar-refractivity contribution is 0.328. The lowest BCUT2D eigenvalue weighted by Crippen LogP contribution is -1.99. The van der Waals surface area contributed by atoms with Crippen molar-refractivity contribution in [2.24, 2.45) is 0 Å². The van der Waals surface area contributed by atoms with Crippen molar-refractivity contribution in [2.75, 3.05) is 13.7 Å². The van der Waals surface area contributed by atoms with Gasteiger partial charge in [0.25, 0.3) is 0 Å². The molecule has 3 aromatic rings. The topological polar surface area (TPSA) is 42.2 Å². The average Bonchev–Trinajstić information content (AvgIpc) is 2.70. The molecule has 4 heteroatoms. The number of nitriles is 1. The minimum atomic E-state index is 0.169. The van der Waals surface area contributed by atoms with E-state index in [1.807, 2.05) is 54.6 Å². The van der Waals surface area contributed by atoms with Crippen LogP contribution in [0.2, 0.25) is 0 Å². The summed E-state index contributed by atoms with van der Waals surface area (Å²) in [7, 11) is 1.58. The highest BCUT2D eigenvalue weighted by Crippen LogP contribution is 2.35. The zero-order valence-corrected chi connectivity index (χ0v) is 16.9. The second-order valence-corrected chi connectivity index (χ2v) is 6.92. The monoisotopic (exact) mass is 465 g/mol. The lowest BCUT2D eigenvalue weighted by Gasteiger charge is -2.12. The molecule has 0 atom stereocenters. The third-order valence-electron chi connectivity index (χ3n) is 4.04. The number of hydrogen-bond donors (Lipinski definition) is 0. The molecular formula is C23H16INO2. The first-order chi connectivity index (χ1) is 13.2. The highest BCUT2D eigenvalue weighted by atomic mass is 127. The molecule has 0 aliphatic carbocycles. The van der Waals surface area contributed by atoms with Crippen LogP contribution in [0, 0.1) is 27.2 Å². The van der Waals surface area contributed by atoms with E-state index in [1.54, 1.807) is 7.11 Å². The van der Waals surface area contributed by atoms with Crippen molar-refractivity contribution in [3.05, 3.63) is 69.3 Å². The summed E-state index contributed by atoms with van der Waals surface area (Å²) in [5.41, 5.74) is 2.31. The van der Waals surface area contributed by atoms with Gasteiger partial charge in [-0.15, -0.1) is 6.42 Å². The molecule has 0 aliphatic rings. The van der Waals surface area contributed by atoms with E-state index in [0.29, 0.717) is 17.1 Å². The van der Waals surface area contributed by atoms with Crippen molar-refractivity contribution in [1.82, 2.24) is 0 Å². The maximum Gasteiger partial charge on any atom is 0.175 e. The quantitative estimate of drug-likeness (QED) is 0.216. The summed E-state index contributed by atoms with van der Waals surface area (Å²) in [6.45, 7) is 0.169. The third-order valence-corrected chi connectivity index (χ3v) is 4.84. The lowest BCUT2D eigenvalue weighted by atomic mass is 10.00. The summed E-state index contributed by atoms with van der Waals surface area (Å²) >= 11 is 2.17. The van der Waals surface area contributed by atoms with E-state index in [1.165, 1.54) is 0 Å². The number of methoxy groups -OCH3 is 1. The smallest absolute Gasteiger partial charge is 0.175 e. The predicted molar refractivity (Wildman–Crippen MR) is 117 cm³/mol. The van der Waals surface area contributed by atoms with Gasteiger partial charge >= 0.3 is 0 Å². The summed E-state index contributed by atoms with van der Waals surface area (Å²) in [5.74, 6) is 3.64. The fourth-order valence-corrected chi connectivity index (χ4v) is 3.56. The van der Waals surface area contributed by atoms with Crippen molar-refractivity contribution in [3.63, 3.8) is 0 Å². The van der Waals surface area contributed by atoms with Gasteiger partial charge in [-0.25, -0.2) is 0 Å². The maximum absolute atomic E-state index is 9.68. The van der Waals surface area contributed by atoms with Crippen LogP contribution in [0.4, 0.5) is 0 Å². The molecule has 27 heavy (non-hydrogen) atoms. The highest BCUT2D eigenvalue weighted by molar-refractivity contribution is 14.1. The summed E-state index contributed by atoms with van der Waals surface area (Å²) in [4.78, 5) is 0. The standard InChI is InChI=1S/C23H16INO2/c1-3-10-27-23-21(24)12-16(13-22(23)26-2)11-20(15-25)19-9-8-17-6-4-5-7-18(17)14-19/h1,4-9,11-14H,10H2,2H3/b20-11-. The van der Waals surface area contributed by atoms with Crippen LogP contribution in [0.3, 0.4) is 0 Å². The number of allylic oxidation sites excluding steroid dienone is 1. The van der Waals surface area contributed by atoms with Gasteiger partial charge in [-0.05, 0) is 68.8 Å². The SMILES string of the molecule is C#CCOc1c(I)cc(/C=C(/C#N)c2ccc3ccccc3c2)cc1OC. The Labute approximate surface area is 172 Å². The second kappa shape index (κ2) is 8.62. The van der Waals surface area contributed by atoms with Crippen LogP contribution in [0.15, 0.2) is 54.6 Å². The van der Waals surface area contributed by atoms with E-state index in [0.717, 1.165) is 25.5 Å². The molecule has 0 saturated heterocycles. The molecule has 0 bridgehead atoms. The zero-order valence-electron chi connectivity index (χ0n) is 14.7. The van der Waals surface area contributed by atoms with E-state index in [-0.39, 0.29) is 6.61 Å². The molecule has 0 fully saturated rings. The summed E-state index contributed by atoms with van der Waals surface area (Å²) in [6.07, 6.45) is 7.12. The Kier molecular flexibility index (Phi) is 6.01. The largest absolute Gasteiger partial charge is 0.493 e. The maximum atomic E-state index is 9.68. The third kappa shape index (κ3) is 4.24. The number of benzene rings is 3. The van der Waals surface area contributed by atoms with Crippen LogP contribution in [-0.2, 0) is 0 Å². The number of halogens is 1. The Hall–Kier alpha value is -2.96. The summed E-state index contributed by atoms with van der Waals surface area (Å²) in [5, 5.41) is 11.9. The number of fused-ring (bicyclic) bond motifs is 1. The van der Waals surface area contributed by atoms with Gasteiger partial charge in [0.1, 0.15) is 6.61 Å². The molecular weight excluding hydrogens is 449 g/mol. The Morgan fingerprint density at radius 3 is 2.63 bits per heavy atom. The molecule has 0 unspecified atom stereocenters. The average molecular weight is 465 g/mol. The van der Waals surface area contributed by atoms with Gasteiger partial charge in [0.2, 0.25) is 0 Å². The Morgan fingerprint density at radius 1 is 1.15 bits per heavy atom. The predicted octanol–water partition coefficient (Wildman–Crippen LogP) is 5.53. The van der Waals surface area contributed by atoms with Gasteiger partial charge in [-0.3, -0.25) is 0 Å². The van der Waals surface area contributed by atoms with Crippen LogP contribution >= 0.6 is 22.6 Å². The van der Waals surface area contributed by atoms with Crippen molar-refractivity contribution in [1.29, 1.82) is 5.26 Å². The Balaban J connectivity index is 2.03. The van der Waals surface area contributed by atoms with Crippen LogP contribution in [0.25, 0.3) is 22.4 Å². The van der Waals surface area contributed by atoms with E-state index >= 15 is 0 Å². The van der Waals surface area contributed by atoms with Crippen LogP contribution < -0.4 is 9.47 Å². The molecule has 3 aromatic carbocycles. The number of terminal acetylenes is 1. The minimum Gasteiger partial charge on any atom is -0.493 e. The molecule has 0 amide bonds. The minimum absolute atomic E-state index is 0.169. The number of hydrogen-bond acceptors (Lipinski definition) is 3. The fourth-order valence-electron chi connectivity index (χ4n) is 2.78. The summed E-state index contributed by atoms with van der Waals surface area (Å²) in [6, 6.07) is 20.2. The van der Waals surface area contributed by atoms with Gasteiger partial charge in [-0.2, -0.15) is 5.26 Å².